The zero-order valence-corrected chi connectivity index (χ0v) is 16.4. The second-order valence-corrected chi connectivity index (χ2v) is 7.63. The van der Waals surface area contributed by atoms with Gasteiger partial charge in [-0.2, -0.15) is 0 Å². The molecule has 2 fully saturated rings. The van der Waals surface area contributed by atoms with Crippen molar-refractivity contribution in [3.05, 3.63) is 0 Å². The average molecular weight is 338 g/mol. The van der Waals surface area contributed by atoms with Gasteiger partial charge in [-0.15, -0.1) is 0 Å². The third kappa shape index (κ3) is 6.60. The quantitative estimate of drug-likeness (QED) is 0.385. The summed E-state index contributed by atoms with van der Waals surface area (Å²) in [4.78, 5) is 9.90. The molecule has 0 aromatic carbocycles. The minimum Gasteiger partial charge on any atom is -0.357 e. The van der Waals surface area contributed by atoms with Gasteiger partial charge >= 0.3 is 0 Å². The van der Waals surface area contributed by atoms with Gasteiger partial charge in [0.15, 0.2) is 5.96 Å². The number of nitrogens with one attached hydrogen (secondary N) is 2. The number of piperidine rings is 1. The van der Waals surface area contributed by atoms with E-state index >= 15 is 0 Å². The van der Waals surface area contributed by atoms with Crippen LogP contribution in [0, 0.1) is 0 Å². The number of aliphatic imine (C=N–C) groups is 1. The fraction of sp³-hybridized carbons (Fsp3) is 0.947. The highest BCUT2D eigenvalue weighted by molar-refractivity contribution is 5.79. The summed E-state index contributed by atoms with van der Waals surface area (Å²) in [6, 6.07) is 2.08. The molecule has 2 atom stereocenters. The van der Waals surface area contributed by atoms with Crippen LogP contribution in [0.1, 0.15) is 59.3 Å². The van der Waals surface area contributed by atoms with Crippen LogP contribution in [0.3, 0.4) is 0 Å². The molecule has 1 saturated carbocycles. The Morgan fingerprint density at radius 3 is 2.71 bits per heavy atom. The van der Waals surface area contributed by atoms with E-state index in [0.717, 1.165) is 37.7 Å². The molecule has 2 N–H and O–H groups in total. The molecule has 5 nitrogen and oxygen atoms in total. The van der Waals surface area contributed by atoms with Crippen LogP contribution in [0.4, 0.5) is 0 Å². The van der Waals surface area contributed by atoms with Crippen molar-refractivity contribution in [3.8, 4) is 0 Å². The lowest BCUT2D eigenvalue weighted by Crippen LogP contribution is -2.42. The van der Waals surface area contributed by atoms with E-state index in [4.69, 9.17) is 4.99 Å². The lowest BCUT2D eigenvalue weighted by Gasteiger charge is -2.33. The molecule has 0 amide bonds. The highest BCUT2D eigenvalue weighted by Crippen LogP contribution is 2.26. The maximum atomic E-state index is 4.78. The third-order valence-corrected chi connectivity index (χ3v) is 5.53. The van der Waals surface area contributed by atoms with Crippen molar-refractivity contribution in [2.24, 2.45) is 4.99 Å². The molecule has 1 heterocycles. The Kier molecular flexibility index (Phi) is 8.33. The Morgan fingerprint density at radius 1 is 1.25 bits per heavy atom. The van der Waals surface area contributed by atoms with Crippen LogP contribution in [0.2, 0.25) is 0 Å². The molecule has 0 radical (unpaired) electrons. The maximum Gasteiger partial charge on any atom is 0.191 e. The molecule has 1 aliphatic carbocycles. The van der Waals surface area contributed by atoms with Gasteiger partial charge in [0.2, 0.25) is 0 Å². The summed E-state index contributed by atoms with van der Waals surface area (Å²) >= 11 is 0. The summed E-state index contributed by atoms with van der Waals surface area (Å²) in [5, 5.41) is 6.88. The first-order chi connectivity index (χ1) is 11.6. The van der Waals surface area contributed by atoms with Gasteiger partial charge in [0.1, 0.15) is 0 Å². The van der Waals surface area contributed by atoms with Crippen molar-refractivity contribution in [2.75, 3.05) is 39.8 Å². The molecule has 5 heteroatoms. The summed E-state index contributed by atoms with van der Waals surface area (Å²) in [6.45, 7) is 12.1. The van der Waals surface area contributed by atoms with Crippen molar-refractivity contribution in [2.45, 2.75) is 77.4 Å². The van der Waals surface area contributed by atoms with Gasteiger partial charge in [0, 0.05) is 37.8 Å². The summed E-state index contributed by atoms with van der Waals surface area (Å²) < 4.78 is 0. The van der Waals surface area contributed by atoms with E-state index in [0.29, 0.717) is 6.04 Å². The van der Waals surface area contributed by atoms with E-state index < -0.39 is 0 Å². The normalized spacial score (nSPS) is 24.2. The van der Waals surface area contributed by atoms with Gasteiger partial charge in [-0.05, 0) is 66.5 Å². The van der Waals surface area contributed by atoms with E-state index in [2.05, 4.69) is 48.3 Å². The van der Waals surface area contributed by atoms with Gasteiger partial charge < -0.3 is 15.5 Å². The van der Waals surface area contributed by atoms with E-state index in [9.17, 15) is 0 Å². The molecular weight excluding hydrogens is 298 g/mol. The fourth-order valence-electron chi connectivity index (χ4n) is 3.51. The Bertz CT molecular complexity index is 380. The molecule has 2 unspecified atom stereocenters. The SMILES string of the molecule is CCNC(=NCC(C)N(C)C1CC1)NCCCN1CCCCC1C. The number of likely N-dealkylation sites (tertiary alicyclic amines) is 1. The van der Waals surface area contributed by atoms with E-state index in [1.807, 2.05) is 0 Å². The highest BCUT2D eigenvalue weighted by Gasteiger charge is 2.28. The summed E-state index contributed by atoms with van der Waals surface area (Å²) in [6.07, 6.45) is 8.04. The second kappa shape index (κ2) is 10.2. The molecule has 0 aromatic rings. The lowest BCUT2D eigenvalue weighted by molar-refractivity contribution is 0.159. The zero-order chi connectivity index (χ0) is 17.4. The van der Waals surface area contributed by atoms with Crippen molar-refractivity contribution < 1.29 is 0 Å². The Hall–Kier alpha value is -0.810. The molecule has 0 aromatic heterocycles. The first kappa shape index (κ1) is 19.5. The van der Waals surface area contributed by atoms with E-state index in [1.165, 1.54) is 51.6 Å². The van der Waals surface area contributed by atoms with Crippen LogP contribution in [0.5, 0.6) is 0 Å². The Labute approximate surface area is 149 Å². The summed E-state index contributed by atoms with van der Waals surface area (Å²) in [7, 11) is 2.23. The largest absolute Gasteiger partial charge is 0.357 e. The third-order valence-electron chi connectivity index (χ3n) is 5.53. The Morgan fingerprint density at radius 2 is 2.04 bits per heavy atom. The molecule has 1 aliphatic heterocycles. The zero-order valence-electron chi connectivity index (χ0n) is 16.4. The van der Waals surface area contributed by atoms with Crippen molar-refractivity contribution >= 4 is 5.96 Å². The van der Waals surface area contributed by atoms with Gasteiger partial charge in [-0.25, -0.2) is 0 Å². The first-order valence-corrected chi connectivity index (χ1v) is 10.1. The number of nitrogens with zero attached hydrogens (tertiary/aromatic N) is 3. The van der Waals surface area contributed by atoms with Crippen LogP contribution in [-0.4, -0.2) is 73.7 Å². The van der Waals surface area contributed by atoms with Crippen LogP contribution in [0.25, 0.3) is 0 Å². The minimum atomic E-state index is 0.516. The van der Waals surface area contributed by atoms with Crippen LogP contribution >= 0.6 is 0 Å². The molecule has 2 aliphatic rings. The summed E-state index contributed by atoms with van der Waals surface area (Å²) in [5.41, 5.74) is 0. The summed E-state index contributed by atoms with van der Waals surface area (Å²) in [5.74, 6) is 0.972. The van der Waals surface area contributed by atoms with Crippen molar-refractivity contribution in [3.63, 3.8) is 0 Å². The predicted octanol–water partition coefficient (Wildman–Crippen LogP) is 2.29. The van der Waals surface area contributed by atoms with Gasteiger partial charge in [0.25, 0.3) is 0 Å². The fourth-order valence-corrected chi connectivity index (χ4v) is 3.51. The number of hydrogen-bond donors (Lipinski definition) is 2. The molecule has 24 heavy (non-hydrogen) atoms. The van der Waals surface area contributed by atoms with Crippen molar-refractivity contribution in [1.82, 2.24) is 20.4 Å². The molecule has 0 spiro atoms. The standard InChI is InChI=1S/C19H39N5/c1-5-20-19(22-15-17(3)23(4)18-10-11-18)21-12-8-14-24-13-7-6-9-16(24)2/h16-18H,5-15H2,1-4H3,(H2,20,21,22). The number of rotatable bonds is 9. The molecule has 0 bridgehead atoms. The Balaban J connectivity index is 1.66. The maximum absolute atomic E-state index is 4.78. The van der Waals surface area contributed by atoms with E-state index in [1.54, 1.807) is 0 Å². The minimum absolute atomic E-state index is 0.516. The molecule has 2 rings (SSSR count). The van der Waals surface area contributed by atoms with Crippen LogP contribution < -0.4 is 10.6 Å². The highest BCUT2D eigenvalue weighted by atomic mass is 15.2. The van der Waals surface area contributed by atoms with Gasteiger partial charge in [0.05, 0.1) is 6.54 Å². The van der Waals surface area contributed by atoms with Crippen molar-refractivity contribution in [1.29, 1.82) is 0 Å². The molecule has 140 valence electrons. The average Bonchev–Trinajstić information content (AvgIpc) is 3.41. The monoisotopic (exact) mass is 337 g/mol. The van der Waals surface area contributed by atoms with Crippen LogP contribution in [-0.2, 0) is 0 Å². The lowest BCUT2D eigenvalue weighted by atomic mass is 10.0. The van der Waals surface area contributed by atoms with E-state index in [-0.39, 0.29) is 0 Å². The molecular formula is C19H39N5. The molecule has 1 saturated heterocycles. The first-order valence-electron chi connectivity index (χ1n) is 10.1. The number of guanidine groups is 1. The predicted molar refractivity (Wildman–Crippen MR) is 104 cm³/mol. The number of likely N-dealkylation sites (N-methyl/N-ethyl adjacent to an activating group) is 1. The number of hydrogen-bond acceptors (Lipinski definition) is 3. The van der Waals surface area contributed by atoms with Gasteiger partial charge in [-0.3, -0.25) is 9.89 Å². The van der Waals surface area contributed by atoms with Crippen LogP contribution in [0.15, 0.2) is 4.99 Å². The smallest absolute Gasteiger partial charge is 0.191 e. The second-order valence-electron chi connectivity index (χ2n) is 7.63. The topological polar surface area (TPSA) is 42.9 Å². The van der Waals surface area contributed by atoms with Gasteiger partial charge in [-0.1, -0.05) is 6.42 Å².